The minimum Gasteiger partial charge on any atom is -0.508 e. The van der Waals surface area contributed by atoms with Crippen molar-refractivity contribution in [2.75, 3.05) is 7.11 Å². The summed E-state index contributed by atoms with van der Waals surface area (Å²) in [6.45, 7) is 2.14. The predicted molar refractivity (Wildman–Crippen MR) is 77.6 cm³/mol. The van der Waals surface area contributed by atoms with Crippen LogP contribution in [0.25, 0.3) is 0 Å². The Morgan fingerprint density at radius 2 is 1.90 bits per heavy atom. The molecule has 0 saturated heterocycles. The molecular weight excluding hydrogens is 252 g/mol. The Kier molecular flexibility index (Phi) is 3.26. The van der Waals surface area contributed by atoms with Crippen LogP contribution in [-0.2, 0) is 6.42 Å². The van der Waals surface area contributed by atoms with Crippen molar-refractivity contribution in [1.29, 1.82) is 0 Å². The second-order valence-corrected chi connectivity index (χ2v) is 5.22. The molecule has 104 valence electrons. The van der Waals surface area contributed by atoms with Gasteiger partial charge in [0.2, 0.25) is 0 Å². The number of benzene rings is 2. The fourth-order valence-electron chi connectivity index (χ4n) is 2.68. The van der Waals surface area contributed by atoms with Gasteiger partial charge in [0, 0.05) is 17.9 Å². The van der Waals surface area contributed by atoms with Crippen LogP contribution in [0.15, 0.2) is 42.5 Å². The molecule has 0 radical (unpaired) electrons. The lowest BCUT2D eigenvalue weighted by Gasteiger charge is -2.15. The van der Waals surface area contributed by atoms with Gasteiger partial charge in [-0.1, -0.05) is 19.1 Å². The fourth-order valence-corrected chi connectivity index (χ4v) is 2.68. The lowest BCUT2D eigenvalue weighted by Crippen LogP contribution is -2.19. The van der Waals surface area contributed by atoms with Gasteiger partial charge in [-0.3, -0.25) is 0 Å². The molecule has 3 heteroatoms. The van der Waals surface area contributed by atoms with E-state index in [0.29, 0.717) is 5.75 Å². The molecule has 0 fully saturated rings. The highest BCUT2D eigenvalue weighted by Gasteiger charge is 2.31. The molecule has 3 rings (SSSR count). The first-order valence-corrected chi connectivity index (χ1v) is 6.80. The van der Waals surface area contributed by atoms with E-state index < -0.39 is 0 Å². The van der Waals surface area contributed by atoms with Crippen LogP contribution in [0.1, 0.15) is 24.0 Å². The zero-order chi connectivity index (χ0) is 14.1. The van der Waals surface area contributed by atoms with Crippen LogP contribution in [0.3, 0.4) is 0 Å². The highest BCUT2D eigenvalue weighted by molar-refractivity contribution is 5.45. The Morgan fingerprint density at radius 1 is 1.15 bits per heavy atom. The maximum absolute atomic E-state index is 9.58. The average molecular weight is 270 g/mol. The Balaban J connectivity index is 1.76. The van der Waals surface area contributed by atoms with Gasteiger partial charge in [-0.15, -0.1) is 0 Å². The van der Waals surface area contributed by atoms with Crippen LogP contribution in [0.2, 0.25) is 0 Å². The largest absolute Gasteiger partial charge is 0.508 e. The van der Waals surface area contributed by atoms with Gasteiger partial charge in [-0.25, -0.2) is 0 Å². The molecule has 3 nitrogen and oxygen atoms in total. The number of rotatable bonds is 3. The van der Waals surface area contributed by atoms with Crippen molar-refractivity contribution in [3.8, 4) is 17.2 Å². The molecule has 0 amide bonds. The van der Waals surface area contributed by atoms with E-state index in [0.717, 1.165) is 23.5 Å². The SMILES string of the molecule is COc1ccc(C[C@@H]2Oc3ccc(O)cc3[C@H]2C)cc1. The lowest BCUT2D eigenvalue weighted by molar-refractivity contribution is 0.211. The van der Waals surface area contributed by atoms with Gasteiger partial charge in [0.05, 0.1) is 7.11 Å². The van der Waals surface area contributed by atoms with Crippen LogP contribution in [0.5, 0.6) is 17.2 Å². The molecule has 1 aliphatic heterocycles. The number of aromatic hydroxyl groups is 1. The highest BCUT2D eigenvalue weighted by Crippen LogP contribution is 2.40. The molecule has 1 N–H and O–H groups in total. The van der Waals surface area contributed by atoms with Gasteiger partial charge in [0.25, 0.3) is 0 Å². The summed E-state index contributed by atoms with van der Waals surface area (Å²) in [6.07, 6.45) is 0.959. The summed E-state index contributed by atoms with van der Waals surface area (Å²) >= 11 is 0. The van der Waals surface area contributed by atoms with Gasteiger partial charge in [0.15, 0.2) is 0 Å². The summed E-state index contributed by atoms with van der Waals surface area (Å²) < 4.78 is 11.2. The van der Waals surface area contributed by atoms with Crippen molar-refractivity contribution in [2.45, 2.75) is 25.4 Å². The molecule has 1 heterocycles. The van der Waals surface area contributed by atoms with Crippen molar-refractivity contribution in [2.24, 2.45) is 0 Å². The number of hydrogen-bond acceptors (Lipinski definition) is 3. The number of ether oxygens (including phenoxy) is 2. The van der Waals surface area contributed by atoms with E-state index in [1.165, 1.54) is 5.56 Å². The van der Waals surface area contributed by atoms with Crippen LogP contribution in [0.4, 0.5) is 0 Å². The van der Waals surface area contributed by atoms with E-state index in [9.17, 15) is 5.11 Å². The zero-order valence-corrected chi connectivity index (χ0v) is 11.7. The second kappa shape index (κ2) is 5.08. The van der Waals surface area contributed by atoms with Crippen molar-refractivity contribution in [3.63, 3.8) is 0 Å². The first-order valence-electron chi connectivity index (χ1n) is 6.80. The summed E-state index contributed by atoms with van der Waals surface area (Å²) in [7, 11) is 1.67. The van der Waals surface area contributed by atoms with Gasteiger partial charge in [-0.2, -0.15) is 0 Å². The van der Waals surface area contributed by atoms with Crippen molar-refractivity contribution in [3.05, 3.63) is 53.6 Å². The second-order valence-electron chi connectivity index (χ2n) is 5.22. The molecule has 0 unspecified atom stereocenters. The molecule has 1 aliphatic rings. The van der Waals surface area contributed by atoms with Gasteiger partial charge in [0.1, 0.15) is 23.4 Å². The van der Waals surface area contributed by atoms with Gasteiger partial charge >= 0.3 is 0 Å². The smallest absolute Gasteiger partial charge is 0.123 e. The standard InChI is InChI=1S/C17H18O3/c1-11-15-10-13(18)5-8-16(15)20-17(11)9-12-3-6-14(19-2)7-4-12/h3-8,10-11,17-18H,9H2,1-2H3/t11-,17+/m1/s1. The third-order valence-electron chi connectivity index (χ3n) is 3.92. The molecule has 0 aliphatic carbocycles. The molecular formula is C17H18O3. The number of fused-ring (bicyclic) bond motifs is 1. The fraction of sp³-hybridized carbons (Fsp3) is 0.294. The average Bonchev–Trinajstić information content (AvgIpc) is 2.76. The number of methoxy groups -OCH3 is 1. The third kappa shape index (κ3) is 2.31. The molecule has 0 spiro atoms. The normalized spacial score (nSPS) is 20.3. The summed E-state index contributed by atoms with van der Waals surface area (Å²) in [5.41, 5.74) is 2.31. The van der Waals surface area contributed by atoms with E-state index in [1.807, 2.05) is 18.2 Å². The number of hydrogen-bond donors (Lipinski definition) is 1. The number of phenolic OH excluding ortho intramolecular Hbond substituents is 1. The maximum Gasteiger partial charge on any atom is 0.123 e. The summed E-state index contributed by atoms with van der Waals surface area (Å²) in [5.74, 6) is 2.32. The van der Waals surface area contributed by atoms with Crippen LogP contribution in [0, 0.1) is 0 Å². The zero-order valence-electron chi connectivity index (χ0n) is 11.7. The third-order valence-corrected chi connectivity index (χ3v) is 3.92. The molecule has 0 aromatic heterocycles. The van der Waals surface area contributed by atoms with E-state index in [-0.39, 0.29) is 12.0 Å². The minimum absolute atomic E-state index is 0.111. The van der Waals surface area contributed by atoms with Crippen LogP contribution < -0.4 is 9.47 Å². The van der Waals surface area contributed by atoms with E-state index in [2.05, 4.69) is 19.1 Å². The summed E-state index contributed by atoms with van der Waals surface area (Å²) in [5, 5.41) is 9.58. The predicted octanol–water partition coefficient (Wildman–Crippen LogP) is 3.51. The number of phenols is 1. The Labute approximate surface area is 118 Å². The lowest BCUT2D eigenvalue weighted by atomic mass is 9.93. The highest BCUT2D eigenvalue weighted by atomic mass is 16.5. The topological polar surface area (TPSA) is 38.7 Å². The molecule has 2 atom stereocenters. The van der Waals surface area contributed by atoms with Crippen LogP contribution >= 0.6 is 0 Å². The monoisotopic (exact) mass is 270 g/mol. The Bertz CT molecular complexity index is 604. The maximum atomic E-state index is 9.58. The molecule has 20 heavy (non-hydrogen) atoms. The Morgan fingerprint density at radius 3 is 2.60 bits per heavy atom. The van der Waals surface area contributed by atoms with Crippen LogP contribution in [-0.4, -0.2) is 18.3 Å². The van der Waals surface area contributed by atoms with E-state index in [4.69, 9.17) is 9.47 Å². The molecule has 2 aromatic rings. The summed E-state index contributed by atoms with van der Waals surface area (Å²) in [4.78, 5) is 0. The molecule has 0 saturated carbocycles. The van der Waals surface area contributed by atoms with Crippen molar-refractivity contribution in [1.82, 2.24) is 0 Å². The molecule has 0 bridgehead atoms. The van der Waals surface area contributed by atoms with Crippen molar-refractivity contribution >= 4 is 0 Å². The van der Waals surface area contributed by atoms with E-state index >= 15 is 0 Å². The Hall–Kier alpha value is -2.16. The first-order chi connectivity index (χ1) is 9.67. The van der Waals surface area contributed by atoms with Gasteiger partial charge < -0.3 is 14.6 Å². The van der Waals surface area contributed by atoms with E-state index in [1.54, 1.807) is 19.2 Å². The quantitative estimate of drug-likeness (QED) is 0.927. The minimum atomic E-state index is 0.111. The first kappa shape index (κ1) is 12.9. The van der Waals surface area contributed by atoms with Gasteiger partial charge in [-0.05, 0) is 35.9 Å². The van der Waals surface area contributed by atoms with Crippen molar-refractivity contribution < 1.29 is 14.6 Å². The summed E-state index contributed by atoms with van der Waals surface area (Å²) in [6, 6.07) is 13.4. The molecule has 2 aromatic carbocycles.